The van der Waals surface area contributed by atoms with E-state index in [0.29, 0.717) is 5.39 Å². The van der Waals surface area contributed by atoms with E-state index in [1.54, 1.807) is 18.2 Å². The third kappa shape index (κ3) is 4.94. The summed E-state index contributed by atoms with van der Waals surface area (Å²) in [6, 6.07) is 10.2. The van der Waals surface area contributed by atoms with Crippen LogP contribution in [0.3, 0.4) is 0 Å². The van der Waals surface area contributed by atoms with Gasteiger partial charge < -0.3 is 0 Å². The lowest BCUT2D eigenvalue weighted by Crippen LogP contribution is -2.11. The topological polar surface area (TPSA) is 0 Å². The minimum absolute atomic E-state index is 0.102. The molecular weight excluding hydrogens is 488 g/mol. The average Bonchev–Trinajstić information content (AvgIpc) is 2.77. The van der Waals surface area contributed by atoms with Gasteiger partial charge in [-0.3, -0.25) is 0 Å². The van der Waals surface area contributed by atoms with E-state index >= 15 is 4.39 Å². The number of rotatable bonds is 6. The molecule has 0 aliphatic heterocycles. The smallest absolute Gasteiger partial charge is 0.206 e. The summed E-state index contributed by atoms with van der Waals surface area (Å²) in [7, 11) is 0. The molecule has 0 N–H and O–H groups in total. The van der Waals surface area contributed by atoms with Crippen LogP contribution in [0.25, 0.3) is 33.0 Å². The first-order valence-electron chi connectivity index (χ1n) is 11.3. The number of aryl methyl sites for hydroxylation is 1. The van der Waals surface area contributed by atoms with E-state index in [4.69, 9.17) is 0 Å². The molecule has 0 unspecified atom stereocenters. The average molecular weight is 508 g/mol. The first kappa shape index (κ1) is 25.7. The van der Waals surface area contributed by atoms with E-state index in [0.717, 1.165) is 43.4 Å². The Kier molecular flexibility index (Phi) is 7.07. The predicted molar refractivity (Wildman–Crippen MR) is 123 cm³/mol. The number of halogens is 8. The highest BCUT2D eigenvalue weighted by Crippen LogP contribution is 2.38. The molecule has 0 aromatic heterocycles. The van der Waals surface area contributed by atoms with Crippen LogP contribution >= 0.6 is 0 Å². The standard InChI is InChI=1S/C28H20F8/c1-2-3-4-5-15-6-8-19-16(10-15)7-9-20(27(19)33)17-11-21(29)25(22(30)12-17)18-13-23(31)26(24(32)14-18)28(34,35)36/h6-14H,2-5H2,1H3. The van der Waals surface area contributed by atoms with Gasteiger partial charge in [-0.25, -0.2) is 22.0 Å². The quantitative estimate of drug-likeness (QED) is 0.180. The van der Waals surface area contributed by atoms with Crippen molar-refractivity contribution in [3.8, 4) is 22.3 Å². The second-order valence-electron chi connectivity index (χ2n) is 8.57. The Labute approximate surface area is 202 Å². The Balaban J connectivity index is 1.74. The molecule has 0 bridgehead atoms. The molecule has 0 nitrogen and oxygen atoms in total. The van der Waals surface area contributed by atoms with Crippen molar-refractivity contribution in [3.63, 3.8) is 0 Å². The molecule has 0 radical (unpaired) electrons. The van der Waals surface area contributed by atoms with Crippen LogP contribution in [-0.4, -0.2) is 0 Å². The lowest BCUT2D eigenvalue weighted by molar-refractivity contribution is -0.142. The normalized spacial score (nSPS) is 11.9. The van der Waals surface area contributed by atoms with Crippen molar-refractivity contribution in [1.82, 2.24) is 0 Å². The van der Waals surface area contributed by atoms with Crippen LogP contribution in [0.15, 0.2) is 54.6 Å². The monoisotopic (exact) mass is 508 g/mol. The van der Waals surface area contributed by atoms with Gasteiger partial charge >= 0.3 is 6.18 Å². The Morgan fingerprint density at radius 2 is 1.28 bits per heavy atom. The molecule has 0 saturated heterocycles. The Bertz CT molecular complexity index is 1390. The van der Waals surface area contributed by atoms with Crippen LogP contribution in [-0.2, 0) is 12.6 Å². The van der Waals surface area contributed by atoms with Gasteiger partial charge in [0.2, 0.25) is 0 Å². The molecule has 0 fully saturated rings. The zero-order valence-corrected chi connectivity index (χ0v) is 19.0. The number of benzene rings is 4. The molecule has 0 spiro atoms. The highest BCUT2D eigenvalue weighted by molar-refractivity contribution is 5.89. The molecule has 0 atom stereocenters. The summed E-state index contributed by atoms with van der Waals surface area (Å²) in [6.45, 7) is 2.09. The number of fused-ring (bicyclic) bond motifs is 1. The van der Waals surface area contributed by atoms with Gasteiger partial charge in [-0.1, -0.05) is 50.1 Å². The van der Waals surface area contributed by atoms with Crippen molar-refractivity contribution in [2.75, 3.05) is 0 Å². The van der Waals surface area contributed by atoms with Gasteiger partial charge in [0.25, 0.3) is 0 Å². The van der Waals surface area contributed by atoms with Gasteiger partial charge in [-0.15, -0.1) is 0 Å². The fraction of sp³-hybridized carbons (Fsp3) is 0.214. The molecule has 0 aliphatic rings. The minimum atomic E-state index is -5.32. The van der Waals surface area contributed by atoms with Crippen molar-refractivity contribution in [2.45, 2.75) is 38.8 Å². The SMILES string of the molecule is CCCCCc1ccc2c(F)c(-c3cc(F)c(-c4cc(F)c(C(F)(F)F)c(F)c4)c(F)c3)ccc2c1. The van der Waals surface area contributed by atoms with Crippen LogP contribution in [0.1, 0.15) is 37.3 Å². The van der Waals surface area contributed by atoms with E-state index in [1.165, 1.54) is 6.07 Å². The Hall–Kier alpha value is -3.42. The maximum Gasteiger partial charge on any atom is 0.422 e. The number of unbranched alkanes of at least 4 members (excludes halogenated alkanes) is 2. The predicted octanol–water partition coefficient (Wildman–Crippen LogP) is 9.62. The van der Waals surface area contributed by atoms with E-state index in [2.05, 4.69) is 6.92 Å². The van der Waals surface area contributed by atoms with E-state index in [1.807, 2.05) is 6.07 Å². The zero-order valence-electron chi connectivity index (χ0n) is 19.0. The summed E-state index contributed by atoms with van der Waals surface area (Å²) in [6.07, 6.45) is -1.33. The Morgan fingerprint density at radius 3 is 1.86 bits per heavy atom. The molecule has 0 saturated carbocycles. The van der Waals surface area contributed by atoms with Crippen molar-refractivity contribution < 1.29 is 35.1 Å². The summed E-state index contributed by atoms with van der Waals surface area (Å²) in [5.74, 6) is -7.33. The van der Waals surface area contributed by atoms with Gasteiger partial charge in [-0.2, -0.15) is 13.2 Å². The fourth-order valence-electron chi connectivity index (χ4n) is 4.29. The van der Waals surface area contributed by atoms with Gasteiger partial charge in [0, 0.05) is 10.9 Å². The number of alkyl halides is 3. The van der Waals surface area contributed by atoms with Crippen molar-refractivity contribution in [1.29, 1.82) is 0 Å². The summed E-state index contributed by atoms with van der Waals surface area (Å²) >= 11 is 0. The van der Waals surface area contributed by atoms with Gasteiger partial charge in [0.05, 0.1) is 5.56 Å². The number of hydrogen-bond acceptors (Lipinski definition) is 0. The first-order valence-corrected chi connectivity index (χ1v) is 11.3. The van der Waals surface area contributed by atoms with Gasteiger partial charge in [0.1, 0.15) is 34.6 Å². The molecular formula is C28H20F8. The van der Waals surface area contributed by atoms with E-state index in [9.17, 15) is 30.7 Å². The summed E-state index contributed by atoms with van der Waals surface area (Å²) in [5.41, 5.74) is -3.07. The second-order valence-corrected chi connectivity index (χ2v) is 8.57. The lowest BCUT2D eigenvalue weighted by Gasteiger charge is -2.14. The highest BCUT2D eigenvalue weighted by atomic mass is 19.4. The molecule has 0 amide bonds. The van der Waals surface area contributed by atoms with Crippen molar-refractivity contribution in [2.24, 2.45) is 0 Å². The Morgan fingerprint density at radius 1 is 0.667 bits per heavy atom. The second kappa shape index (κ2) is 9.91. The highest BCUT2D eigenvalue weighted by Gasteiger charge is 2.38. The third-order valence-electron chi connectivity index (χ3n) is 6.05. The van der Waals surface area contributed by atoms with Crippen LogP contribution in [0.4, 0.5) is 35.1 Å². The summed E-state index contributed by atoms with van der Waals surface area (Å²) in [4.78, 5) is 0. The summed E-state index contributed by atoms with van der Waals surface area (Å²) in [5, 5.41) is 0.877. The maximum absolute atomic E-state index is 15.3. The largest absolute Gasteiger partial charge is 0.422 e. The third-order valence-corrected chi connectivity index (χ3v) is 6.05. The van der Waals surface area contributed by atoms with Gasteiger partial charge in [-0.05, 0) is 59.2 Å². The van der Waals surface area contributed by atoms with Crippen molar-refractivity contribution in [3.05, 3.63) is 94.8 Å². The lowest BCUT2D eigenvalue weighted by atomic mass is 9.95. The molecule has 0 heterocycles. The fourth-order valence-corrected chi connectivity index (χ4v) is 4.29. The van der Waals surface area contributed by atoms with Crippen LogP contribution in [0.2, 0.25) is 0 Å². The molecule has 4 aromatic carbocycles. The molecule has 4 rings (SSSR count). The van der Waals surface area contributed by atoms with Crippen LogP contribution in [0.5, 0.6) is 0 Å². The molecule has 8 heteroatoms. The molecule has 4 aromatic rings. The first-order chi connectivity index (χ1) is 17.0. The van der Waals surface area contributed by atoms with Crippen LogP contribution < -0.4 is 0 Å². The van der Waals surface area contributed by atoms with Crippen LogP contribution in [0, 0.1) is 29.1 Å². The zero-order chi connectivity index (χ0) is 26.2. The number of hydrogen-bond donors (Lipinski definition) is 0. The molecule has 36 heavy (non-hydrogen) atoms. The van der Waals surface area contributed by atoms with Gasteiger partial charge in [0.15, 0.2) is 0 Å². The maximum atomic E-state index is 15.3. The van der Waals surface area contributed by atoms with E-state index < -0.39 is 52.0 Å². The van der Waals surface area contributed by atoms with E-state index in [-0.39, 0.29) is 28.6 Å². The minimum Gasteiger partial charge on any atom is -0.206 e. The molecule has 0 aliphatic carbocycles. The molecule has 188 valence electrons. The van der Waals surface area contributed by atoms with Crippen molar-refractivity contribution >= 4 is 10.8 Å². The summed E-state index contributed by atoms with van der Waals surface area (Å²) < 4.78 is 111.